The van der Waals surface area contributed by atoms with Crippen LogP contribution in [0.2, 0.25) is 0 Å². The Kier molecular flexibility index (Phi) is 3.54. The topological polar surface area (TPSA) is 66.8 Å². The van der Waals surface area contributed by atoms with Crippen molar-refractivity contribution in [3.63, 3.8) is 0 Å². The zero-order valence-corrected chi connectivity index (χ0v) is 12.4. The van der Waals surface area contributed by atoms with Crippen LogP contribution in [0, 0.1) is 5.92 Å². The van der Waals surface area contributed by atoms with Gasteiger partial charge in [0.15, 0.2) is 5.60 Å². The number of aliphatic carboxylic acids is 1. The van der Waals surface area contributed by atoms with Crippen LogP contribution in [0.3, 0.4) is 0 Å². The lowest BCUT2D eigenvalue weighted by Gasteiger charge is -2.44. The van der Waals surface area contributed by atoms with Crippen LogP contribution < -0.4 is 4.74 Å². The van der Waals surface area contributed by atoms with Crippen molar-refractivity contribution in [1.82, 2.24) is 0 Å². The van der Waals surface area contributed by atoms with Crippen molar-refractivity contribution in [2.75, 3.05) is 0 Å². The summed E-state index contributed by atoms with van der Waals surface area (Å²) >= 11 is 0. The molecule has 110 valence electrons. The van der Waals surface area contributed by atoms with Gasteiger partial charge in [0.1, 0.15) is 11.4 Å². The number of ether oxygens (including phenoxy) is 1. The molecule has 0 saturated carbocycles. The van der Waals surface area contributed by atoms with E-state index in [1.807, 2.05) is 38.1 Å². The van der Waals surface area contributed by atoms with E-state index in [-0.39, 0.29) is 0 Å². The van der Waals surface area contributed by atoms with E-state index in [0.29, 0.717) is 12.2 Å². The van der Waals surface area contributed by atoms with Crippen molar-refractivity contribution in [1.29, 1.82) is 0 Å². The van der Waals surface area contributed by atoms with Gasteiger partial charge in [0.25, 0.3) is 0 Å². The third kappa shape index (κ3) is 2.29. The van der Waals surface area contributed by atoms with Gasteiger partial charge in [-0.15, -0.1) is 0 Å². The van der Waals surface area contributed by atoms with Crippen LogP contribution in [-0.4, -0.2) is 27.4 Å². The van der Waals surface area contributed by atoms with Crippen LogP contribution in [0.5, 0.6) is 5.75 Å². The molecule has 2 rings (SSSR count). The third-order valence-corrected chi connectivity index (χ3v) is 4.13. The molecule has 20 heavy (non-hydrogen) atoms. The number of hydrogen-bond acceptors (Lipinski definition) is 3. The summed E-state index contributed by atoms with van der Waals surface area (Å²) in [6.07, 6.45) is 0.463. The number of carbonyl (C=O) groups is 1. The van der Waals surface area contributed by atoms with Gasteiger partial charge in [0, 0.05) is 11.5 Å². The summed E-state index contributed by atoms with van der Waals surface area (Å²) in [7, 11) is 0. The molecule has 1 aromatic rings. The summed E-state index contributed by atoms with van der Waals surface area (Å²) in [4.78, 5) is 11.7. The molecule has 2 N–H and O–H groups in total. The Morgan fingerprint density at radius 1 is 1.40 bits per heavy atom. The third-order valence-electron chi connectivity index (χ3n) is 4.13. The van der Waals surface area contributed by atoms with E-state index >= 15 is 0 Å². The van der Waals surface area contributed by atoms with Crippen molar-refractivity contribution < 1.29 is 19.7 Å². The molecule has 0 aromatic heterocycles. The van der Waals surface area contributed by atoms with E-state index in [1.54, 1.807) is 13.8 Å². The number of rotatable bonds is 3. The second-order valence-electron chi connectivity index (χ2n) is 6.44. The maximum Gasteiger partial charge on any atom is 0.336 e. The van der Waals surface area contributed by atoms with E-state index in [0.717, 1.165) is 5.56 Å². The molecule has 2 atom stereocenters. The van der Waals surface area contributed by atoms with Crippen molar-refractivity contribution in [2.45, 2.75) is 51.2 Å². The average Bonchev–Trinajstić information content (AvgIpc) is 2.35. The van der Waals surface area contributed by atoms with Gasteiger partial charge in [-0.3, -0.25) is 0 Å². The average molecular weight is 278 g/mol. The van der Waals surface area contributed by atoms with Gasteiger partial charge >= 0.3 is 5.97 Å². The Balaban J connectivity index is 2.58. The first kappa shape index (κ1) is 14.9. The van der Waals surface area contributed by atoms with E-state index in [4.69, 9.17) is 4.74 Å². The Morgan fingerprint density at radius 3 is 2.55 bits per heavy atom. The number of para-hydroxylation sites is 1. The standard InChI is InChI=1S/C16H22O4/c1-10(2)16(19,14(17)18)12-9-15(3,4)20-13-8-6-5-7-11(12)13/h5-8,10,12,19H,9H2,1-4H3,(H,17,18). The zero-order valence-electron chi connectivity index (χ0n) is 12.4. The molecule has 0 spiro atoms. The highest BCUT2D eigenvalue weighted by atomic mass is 16.5. The second kappa shape index (κ2) is 4.77. The van der Waals surface area contributed by atoms with Gasteiger partial charge in [0.05, 0.1) is 0 Å². The van der Waals surface area contributed by atoms with Crippen molar-refractivity contribution in [3.05, 3.63) is 29.8 Å². The van der Waals surface area contributed by atoms with Crippen LogP contribution in [0.25, 0.3) is 0 Å². The molecular weight excluding hydrogens is 256 g/mol. The molecule has 1 aromatic carbocycles. The lowest BCUT2D eigenvalue weighted by Crippen LogP contribution is -2.53. The van der Waals surface area contributed by atoms with Gasteiger partial charge in [0.2, 0.25) is 0 Å². The van der Waals surface area contributed by atoms with E-state index in [2.05, 4.69) is 0 Å². The van der Waals surface area contributed by atoms with Crippen LogP contribution in [0.1, 0.15) is 45.6 Å². The molecule has 4 nitrogen and oxygen atoms in total. The maximum atomic E-state index is 11.7. The lowest BCUT2D eigenvalue weighted by atomic mass is 9.69. The van der Waals surface area contributed by atoms with Crippen LogP contribution >= 0.6 is 0 Å². The van der Waals surface area contributed by atoms with Crippen molar-refractivity contribution in [3.8, 4) is 5.75 Å². The first-order valence-electron chi connectivity index (χ1n) is 6.92. The lowest BCUT2D eigenvalue weighted by molar-refractivity contribution is -0.169. The fraction of sp³-hybridized carbons (Fsp3) is 0.562. The highest BCUT2D eigenvalue weighted by molar-refractivity contribution is 5.79. The minimum Gasteiger partial charge on any atom is -0.488 e. The van der Waals surface area contributed by atoms with E-state index in [1.165, 1.54) is 0 Å². The molecule has 0 aliphatic carbocycles. The Morgan fingerprint density at radius 2 is 2.00 bits per heavy atom. The highest BCUT2D eigenvalue weighted by Gasteiger charge is 2.52. The Hall–Kier alpha value is -1.55. The number of carboxylic acid groups (broad SMARTS) is 1. The molecule has 1 aliphatic rings. The first-order valence-corrected chi connectivity index (χ1v) is 6.92. The summed E-state index contributed by atoms with van der Waals surface area (Å²) in [6.45, 7) is 7.30. The molecule has 0 radical (unpaired) electrons. The summed E-state index contributed by atoms with van der Waals surface area (Å²) in [5, 5.41) is 20.4. The second-order valence-corrected chi connectivity index (χ2v) is 6.44. The molecule has 4 heteroatoms. The van der Waals surface area contributed by atoms with Crippen molar-refractivity contribution in [2.24, 2.45) is 5.92 Å². The quantitative estimate of drug-likeness (QED) is 0.892. The number of aliphatic hydroxyl groups is 1. The smallest absolute Gasteiger partial charge is 0.336 e. The molecule has 1 heterocycles. The number of fused-ring (bicyclic) bond motifs is 1. The predicted molar refractivity (Wildman–Crippen MR) is 75.9 cm³/mol. The number of carboxylic acids is 1. The van der Waals surface area contributed by atoms with Crippen molar-refractivity contribution >= 4 is 5.97 Å². The van der Waals surface area contributed by atoms with Gasteiger partial charge < -0.3 is 14.9 Å². The molecular formula is C16H22O4. The van der Waals surface area contributed by atoms with Gasteiger partial charge in [-0.1, -0.05) is 32.0 Å². The van der Waals surface area contributed by atoms with Crippen LogP contribution in [0.4, 0.5) is 0 Å². The minimum absolute atomic E-state index is 0.396. The van der Waals surface area contributed by atoms with E-state index in [9.17, 15) is 15.0 Å². The summed E-state index contributed by atoms with van der Waals surface area (Å²) < 4.78 is 5.90. The van der Waals surface area contributed by atoms with E-state index < -0.39 is 29.0 Å². The number of benzene rings is 1. The Labute approximate surface area is 119 Å². The molecule has 0 saturated heterocycles. The fourth-order valence-corrected chi connectivity index (χ4v) is 2.99. The van der Waals surface area contributed by atoms with Gasteiger partial charge in [-0.05, 0) is 32.3 Å². The molecule has 0 amide bonds. The number of hydrogen-bond donors (Lipinski definition) is 2. The normalized spacial score (nSPS) is 23.6. The Bertz CT molecular complexity index is 521. The van der Waals surface area contributed by atoms with Gasteiger partial charge in [-0.2, -0.15) is 0 Å². The molecule has 0 fully saturated rings. The minimum atomic E-state index is -1.79. The largest absolute Gasteiger partial charge is 0.488 e. The summed E-state index contributed by atoms with van der Waals surface area (Å²) in [5.74, 6) is -1.40. The van der Waals surface area contributed by atoms with Gasteiger partial charge in [-0.25, -0.2) is 4.79 Å². The maximum absolute atomic E-state index is 11.7. The SMILES string of the molecule is CC(C)C(O)(C(=O)O)C1CC(C)(C)Oc2ccccc21. The monoisotopic (exact) mass is 278 g/mol. The summed E-state index contributed by atoms with van der Waals surface area (Å²) in [5.41, 5.74) is -1.53. The molecule has 2 unspecified atom stereocenters. The predicted octanol–water partition coefficient (Wildman–Crippen LogP) is 2.80. The van der Waals surface area contributed by atoms with Crippen LogP contribution in [0.15, 0.2) is 24.3 Å². The summed E-state index contributed by atoms with van der Waals surface area (Å²) in [6, 6.07) is 7.36. The van der Waals surface area contributed by atoms with Crippen LogP contribution in [-0.2, 0) is 4.79 Å². The molecule has 0 bridgehead atoms. The zero-order chi connectivity index (χ0) is 15.1. The molecule has 1 aliphatic heterocycles. The fourth-order valence-electron chi connectivity index (χ4n) is 2.99. The highest BCUT2D eigenvalue weighted by Crippen LogP contribution is 2.48. The first-order chi connectivity index (χ1) is 9.18.